The molecular weight excluding hydrogens is 374 g/mol. The summed E-state index contributed by atoms with van der Waals surface area (Å²) in [5.74, 6) is 2.10. The third kappa shape index (κ3) is 4.48. The Labute approximate surface area is 177 Å². The fourth-order valence-electron chi connectivity index (χ4n) is 3.93. The summed E-state index contributed by atoms with van der Waals surface area (Å²) in [5, 5.41) is 3.13. The summed E-state index contributed by atoms with van der Waals surface area (Å²) in [5.41, 5.74) is 2.74. The van der Waals surface area contributed by atoms with Gasteiger partial charge >= 0.3 is 0 Å². The zero-order valence-corrected chi connectivity index (χ0v) is 17.5. The zero-order valence-electron chi connectivity index (χ0n) is 17.5. The van der Waals surface area contributed by atoms with Gasteiger partial charge in [-0.15, -0.1) is 0 Å². The van der Waals surface area contributed by atoms with Crippen molar-refractivity contribution in [3.63, 3.8) is 0 Å². The first-order valence-corrected chi connectivity index (χ1v) is 10.5. The van der Waals surface area contributed by atoms with Crippen LogP contribution in [0.15, 0.2) is 61.1 Å². The molecule has 1 amide bonds. The number of aromatic nitrogens is 3. The lowest BCUT2D eigenvalue weighted by Crippen LogP contribution is -2.44. The minimum atomic E-state index is -0.248. The number of anilines is 2. The zero-order chi connectivity index (χ0) is 20.9. The van der Waals surface area contributed by atoms with E-state index in [4.69, 9.17) is 0 Å². The molecule has 3 aromatic rings. The second-order valence-electron chi connectivity index (χ2n) is 7.96. The average Bonchev–Trinajstić information content (AvgIpc) is 2.98. The van der Waals surface area contributed by atoms with Crippen LogP contribution in [-0.4, -0.2) is 33.4 Å². The number of hydrogen-bond donors (Lipinski definition) is 1. The van der Waals surface area contributed by atoms with Crippen molar-refractivity contribution in [3.05, 3.63) is 66.6 Å². The summed E-state index contributed by atoms with van der Waals surface area (Å²) in [4.78, 5) is 28.7. The maximum atomic E-state index is 13.3. The molecule has 0 spiro atoms. The van der Waals surface area contributed by atoms with Crippen LogP contribution < -0.4 is 10.2 Å². The molecule has 2 aromatic heterocycles. The van der Waals surface area contributed by atoms with Crippen molar-refractivity contribution in [1.29, 1.82) is 0 Å². The number of rotatable bonds is 4. The van der Waals surface area contributed by atoms with Gasteiger partial charge in [0.2, 0.25) is 5.91 Å². The first-order valence-electron chi connectivity index (χ1n) is 10.5. The highest BCUT2D eigenvalue weighted by Crippen LogP contribution is 2.28. The lowest BCUT2D eigenvalue weighted by atomic mass is 10.0. The van der Waals surface area contributed by atoms with Gasteiger partial charge in [-0.05, 0) is 68.0 Å². The molecule has 1 saturated heterocycles. The molecule has 30 heavy (non-hydrogen) atoms. The Morgan fingerprint density at radius 2 is 1.80 bits per heavy atom. The third-order valence-electron chi connectivity index (χ3n) is 5.73. The van der Waals surface area contributed by atoms with Gasteiger partial charge in [-0.3, -0.25) is 4.79 Å². The van der Waals surface area contributed by atoms with E-state index in [1.54, 1.807) is 24.7 Å². The van der Waals surface area contributed by atoms with E-state index in [0.29, 0.717) is 11.7 Å². The molecule has 4 rings (SSSR count). The summed E-state index contributed by atoms with van der Waals surface area (Å²) in [6, 6.07) is 13.3. The lowest BCUT2D eigenvalue weighted by Gasteiger charge is -2.30. The Morgan fingerprint density at radius 3 is 2.57 bits per heavy atom. The average molecular weight is 402 g/mol. The summed E-state index contributed by atoms with van der Waals surface area (Å²) in [6.45, 7) is 5.10. The molecule has 154 valence electrons. The van der Waals surface area contributed by atoms with Gasteiger partial charge in [0.15, 0.2) is 5.82 Å². The fourth-order valence-corrected chi connectivity index (χ4v) is 3.93. The molecule has 1 aliphatic rings. The topological polar surface area (TPSA) is 71.0 Å². The van der Waals surface area contributed by atoms with Crippen LogP contribution in [0.2, 0.25) is 0 Å². The SMILES string of the molecule is Cc1ccc(NC(=O)[C@H]2CC[C@@H](C)CCN2c2ccccn2)cc1-c1ncccn1. The van der Waals surface area contributed by atoms with Gasteiger partial charge in [-0.1, -0.05) is 19.1 Å². The van der Waals surface area contributed by atoms with E-state index < -0.39 is 0 Å². The van der Waals surface area contributed by atoms with Crippen molar-refractivity contribution in [2.75, 3.05) is 16.8 Å². The van der Waals surface area contributed by atoms with Gasteiger partial charge in [-0.2, -0.15) is 0 Å². The van der Waals surface area contributed by atoms with E-state index in [2.05, 4.69) is 32.1 Å². The van der Waals surface area contributed by atoms with Crippen LogP contribution in [0.25, 0.3) is 11.4 Å². The van der Waals surface area contributed by atoms with Crippen LogP contribution in [0.1, 0.15) is 31.7 Å². The number of nitrogens with one attached hydrogen (secondary N) is 1. The highest BCUT2D eigenvalue weighted by atomic mass is 16.2. The fraction of sp³-hybridized carbons (Fsp3) is 0.333. The smallest absolute Gasteiger partial charge is 0.247 e. The first-order chi connectivity index (χ1) is 14.6. The molecule has 1 aliphatic heterocycles. The van der Waals surface area contributed by atoms with E-state index in [9.17, 15) is 4.79 Å². The molecule has 0 unspecified atom stereocenters. The van der Waals surface area contributed by atoms with Crippen LogP contribution in [0.5, 0.6) is 0 Å². The minimum Gasteiger partial charge on any atom is -0.345 e. The molecule has 0 radical (unpaired) electrons. The largest absolute Gasteiger partial charge is 0.345 e. The number of aryl methyl sites for hydroxylation is 1. The van der Waals surface area contributed by atoms with Gasteiger partial charge in [0, 0.05) is 36.4 Å². The number of hydrogen-bond acceptors (Lipinski definition) is 5. The summed E-state index contributed by atoms with van der Waals surface area (Å²) < 4.78 is 0. The van der Waals surface area contributed by atoms with Gasteiger partial charge in [0.05, 0.1) is 0 Å². The first kappa shape index (κ1) is 20.0. The summed E-state index contributed by atoms with van der Waals surface area (Å²) >= 11 is 0. The maximum absolute atomic E-state index is 13.3. The molecule has 2 atom stereocenters. The van der Waals surface area contributed by atoms with Crippen LogP contribution in [-0.2, 0) is 4.79 Å². The van der Waals surface area contributed by atoms with E-state index in [1.165, 1.54) is 0 Å². The lowest BCUT2D eigenvalue weighted by molar-refractivity contribution is -0.117. The predicted octanol–water partition coefficient (Wildman–Crippen LogP) is 4.48. The van der Waals surface area contributed by atoms with Gasteiger partial charge in [0.1, 0.15) is 11.9 Å². The Hall–Kier alpha value is -3.28. The Morgan fingerprint density at radius 1 is 1.00 bits per heavy atom. The van der Waals surface area contributed by atoms with Crippen molar-refractivity contribution < 1.29 is 4.79 Å². The number of nitrogens with zero attached hydrogens (tertiary/aromatic N) is 4. The Balaban J connectivity index is 1.58. The van der Waals surface area contributed by atoms with Gasteiger partial charge < -0.3 is 10.2 Å². The van der Waals surface area contributed by atoms with E-state index in [0.717, 1.165) is 48.4 Å². The molecule has 0 aliphatic carbocycles. The monoisotopic (exact) mass is 401 g/mol. The van der Waals surface area contributed by atoms with E-state index >= 15 is 0 Å². The van der Waals surface area contributed by atoms with Gasteiger partial charge in [-0.25, -0.2) is 15.0 Å². The predicted molar refractivity (Wildman–Crippen MR) is 119 cm³/mol. The van der Waals surface area contributed by atoms with Crippen LogP contribution in [0.3, 0.4) is 0 Å². The van der Waals surface area contributed by atoms with Crippen molar-refractivity contribution in [1.82, 2.24) is 15.0 Å². The normalized spacial score (nSPS) is 19.2. The number of carbonyl (C=O) groups excluding carboxylic acids is 1. The minimum absolute atomic E-state index is 0.00136. The molecule has 1 fully saturated rings. The number of pyridine rings is 1. The quantitative estimate of drug-likeness (QED) is 0.698. The molecule has 1 aromatic carbocycles. The number of benzene rings is 1. The van der Waals surface area contributed by atoms with Crippen molar-refractivity contribution >= 4 is 17.4 Å². The molecule has 0 saturated carbocycles. The van der Waals surface area contributed by atoms with Crippen LogP contribution in [0, 0.1) is 12.8 Å². The second-order valence-corrected chi connectivity index (χ2v) is 7.96. The molecule has 0 bridgehead atoms. The Bertz CT molecular complexity index is 993. The molecule has 1 N–H and O–H groups in total. The second kappa shape index (κ2) is 9.03. The number of amides is 1. The van der Waals surface area contributed by atoms with Crippen LogP contribution in [0.4, 0.5) is 11.5 Å². The van der Waals surface area contributed by atoms with Crippen LogP contribution >= 0.6 is 0 Å². The summed E-state index contributed by atoms with van der Waals surface area (Å²) in [7, 11) is 0. The van der Waals surface area contributed by atoms with Crippen molar-refractivity contribution in [2.45, 2.75) is 39.2 Å². The highest BCUT2D eigenvalue weighted by molar-refractivity contribution is 5.97. The highest BCUT2D eigenvalue weighted by Gasteiger charge is 2.30. The molecule has 3 heterocycles. The van der Waals surface area contributed by atoms with E-state index in [1.807, 2.05) is 43.3 Å². The van der Waals surface area contributed by atoms with Crippen molar-refractivity contribution in [3.8, 4) is 11.4 Å². The summed E-state index contributed by atoms with van der Waals surface area (Å²) in [6.07, 6.45) is 8.13. The molecule has 6 nitrogen and oxygen atoms in total. The van der Waals surface area contributed by atoms with Gasteiger partial charge in [0.25, 0.3) is 0 Å². The molecular formula is C24H27N5O. The Kier molecular flexibility index (Phi) is 6.02. The van der Waals surface area contributed by atoms with Crippen molar-refractivity contribution in [2.24, 2.45) is 5.92 Å². The number of carbonyl (C=O) groups is 1. The standard InChI is InChI=1S/C24H27N5O/c1-17-7-10-21(29(15-11-17)22-6-3-4-12-25-22)24(30)28-19-9-8-18(2)20(16-19)23-26-13-5-14-27-23/h3-6,8-9,12-14,16-17,21H,7,10-11,15H2,1-2H3,(H,28,30)/t17-,21-/m1/s1. The van der Waals surface area contributed by atoms with E-state index in [-0.39, 0.29) is 11.9 Å². The maximum Gasteiger partial charge on any atom is 0.247 e. The third-order valence-corrected chi connectivity index (χ3v) is 5.73. The molecule has 6 heteroatoms.